The number of hydrogen-bond acceptors (Lipinski definition) is 5. The van der Waals surface area contributed by atoms with Crippen LogP contribution in [0.15, 0.2) is 52.0 Å². The van der Waals surface area contributed by atoms with Gasteiger partial charge in [0.25, 0.3) is 5.69 Å². The van der Waals surface area contributed by atoms with Crippen LogP contribution in [-0.4, -0.2) is 21.7 Å². The van der Waals surface area contributed by atoms with E-state index >= 15 is 0 Å². The number of fused-ring (bicyclic) bond motifs is 1. The zero-order valence-electron chi connectivity index (χ0n) is 12.4. The van der Waals surface area contributed by atoms with Gasteiger partial charge in [-0.1, -0.05) is 15.9 Å². The van der Waals surface area contributed by atoms with E-state index in [0.29, 0.717) is 16.9 Å². The Morgan fingerprint density at radius 1 is 1.24 bits per heavy atom. The minimum absolute atomic E-state index is 0.0191. The van der Waals surface area contributed by atoms with Crippen LogP contribution in [0.4, 0.5) is 17.1 Å². The van der Waals surface area contributed by atoms with Gasteiger partial charge >= 0.3 is 0 Å². The summed E-state index contributed by atoms with van der Waals surface area (Å²) in [6, 6.07) is 11.0. The number of halogens is 1. The van der Waals surface area contributed by atoms with Crippen molar-refractivity contribution >= 4 is 61.9 Å². The van der Waals surface area contributed by atoms with E-state index in [9.17, 15) is 14.9 Å². The second-order valence-electron chi connectivity index (χ2n) is 4.97. The van der Waals surface area contributed by atoms with Gasteiger partial charge in [-0.2, -0.15) is 5.10 Å². The zero-order chi connectivity index (χ0) is 18.0. The van der Waals surface area contributed by atoms with Gasteiger partial charge < -0.3 is 10.6 Å². The van der Waals surface area contributed by atoms with Gasteiger partial charge in [0.1, 0.15) is 0 Å². The van der Waals surface area contributed by atoms with Crippen molar-refractivity contribution in [2.45, 2.75) is 0 Å². The predicted molar refractivity (Wildman–Crippen MR) is 102 cm³/mol. The first-order valence-electron chi connectivity index (χ1n) is 6.94. The van der Waals surface area contributed by atoms with Crippen molar-refractivity contribution in [2.75, 3.05) is 10.6 Å². The lowest BCUT2D eigenvalue weighted by molar-refractivity contribution is -0.384. The van der Waals surface area contributed by atoms with Crippen LogP contribution in [0.2, 0.25) is 0 Å². The molecule has 2 aromatic carbocycles. The number of amidine groups is 1. The topological polar surface area (TPSA) is 109 Å². The fourth-order valence-corrected chi connectivity index (χ4v) is 2.66. The maximum absolute atomic E-state index is 12.2. The molecule has 25 heavy (non-hydrogen) atoms. The normalized spacial score (nSPS) is 14.0. The molecule has 3 N–H and O–H groups in total. The van der Waals surface area contributed by atoms with Crippen molar-refractivity contribution in [2.24, 2.45) is 5.10 Å². The van der Waals surface area contributed by atoms with Gasteiger partial charge in [-0.3, -0.25) is 20.3 Å². The van der Waals surface area contributed by atoms with E-state index in [2.05, 4.69) is 37.1 Å². The number of Topliss-reactive ketones (excluding diaryl/α,β-unsaturated/α-hetero) is 1. The van der Waals surface area contributed by atoms with Crippen molar-refractivity contribution in [1.82, 2.24) is 5.43 Å². The van der Waals surface area contributed by atoms with Crippen molar-refractivity contribution < 1.29 is 9.72 Å². The van der Waals surface area contributed by atoms with Crippen molar-refractivity contribution in [3.8, 4) is 0 Å². The third kappa shape index (κ3) is 3.80. The predicted octanol–water partition coefficient (Wildman–Crippen LogP) is 3.27. The maximum Gasteiger partial charge on any atom is 0.269 e. The van der Waals surface area contributed by atoms with E-state index < -0.39 is 4.92 Å². The molecule has 0 unspecified atom stereocenters. The monoisotopic (exact) mass is 419 g/mol. The highest BCUT2D eigenvalue weighted by atomic mass is 79.9. The van der Waals surface area contributed by atoms with Crippen molar-refractivity contribution in [3.63, 3.8) is 0 Å². The van der Waals surface area contributed by atoms with Crippen LogP contribution in [0.1, 0.15) is 10.4 Å². The summed E-state index contributed by atoms with van der Waals surface area (Å²) < 4.78 is 0.797. The number of non-ortho nitro benzene ring substituents is 1. The lowest BCUT2D eigenvalue weighted by Gasteiger charge is -2.07. The fraction of sp³-hybridized carbons (Fsp3) is 0. The van der Waals surface area contributed by atoms with Crippen LogP contribution in [0, 0.1) is 10.1 Å². The number of nitro groups is 1. The van der Waals surface area contributed by atoms with Crippen molar-refractivity contribution in [1.29, 1.82) is 0 Å². The molecule has 0 amide bonds. The Labute approximate surface area is 155 Å². The third-order valence-electron chi connectivity index (χ3n) is 3.30. The number of nitro benzene ring substituents is 1. The molecule has 0 radical (unpaired) electrons. The molecule has 0 aliphatic carbocycles. The summed E-state index contributed by atoms with van der Waals surface area (Å²) in [6.07, 6.45) is 0. The molecule has 0 saturated carbocycles. The Morgan fingerprint density at radius 3 is 2.64 bits per heavy atom. The average Bonchev–Trinajstić information content (AvgIpc) is 2.89. The molecular formula is C15H10BrN5O3S. The summed E-state index contributed by atoms with van der Waals surface area (Å²) in [7, 11) is 0. The van der Waals surface area contributed by atoms with E-state index in [1.54, 1.807) is 12.1 Å². The van der Waals surface area contributed by atoms with Crippen LogP contribution in [0.3, 0.4) is 0 Å². The largest absolute Gasteiger partial charge is 0.335 e. The SMILES string of the molecule is O=C1C(=NNC(=S)Nc2ccc([N+](=O)[O-])cc2)Nc2ccc(Br)cc21. The summed E-state index contributed by atoms with van der Waals surface area (Å²) in [6.45, 7) is 0. The van der Waals surface area contributed by atoms with Crippen molar-refractivity contribution in [3.05, 3.63) is 62.6 Å². The van der Waals surface area contributed by atoms with E-state index in [1.165, 1.54) is 24.3 Å². The lowest BCUT2D eigenvalue weighted by Crippen LogP contribution is -2.27. The molecule has 0 saturated heterocycles. The minimum atomic E-state index is -0.486. The first-order chi connectivity index (χ1) is 11.9. The molecular weight excluding hydrogens is 410 g/mol. The smallest absolute Gasteiger partial charge is 0.269 e. The standard InChI is InChI=1S/C15H10BrN5O3S/c16-8-1-6-12-11(7-8)13(22)14(18-12)19-20-15(25)17-9-2-4-10(5-3-9)21(23)24/h1-7H,(H2,17,20,25)(H,18,19,22). The zero-order valence-corrected chi connectivity index (χ0v) is 14.8. The second-order valence-corrected chi connectivity index (χ2v) is 6.30. The summed E-state index contributed by atoms with van der Waals surface area (Å²) in [4.78, 5) is 22.4. The summed E-state index contributed by atoms with van der Waals surface area (Å²) >= 11 is 8.41. The van der Waals surface area contributed by atoms with Gasteiger partial charge in [0, 0.05) is 22.3 Å². The molecule has 1 aliphatic heterocycles. The number of ketones is 1. The molecule has 0 bridgehead atoms. The molecule has 2 aromatic rings. The quantitative estimate of drug-likeness (QED) is 0.397. The Kier molecular flexibility index (Phi) is 4.72. The van der Waals surface area contributed by atoms with Gasteiger partial charge in [-0.05, 0) is 42.5 Å². The number of nitrogens with one attached hydrogen (secondary N) is 3. The van der Waals surface area contributed by atoms with E-state index in [-0.39, 0.29) is 22.4 Å². The molecule has 10 heteroatoms. The fourth-order valence-electron chi connectivity index (χ4n) is 2.14. The van der Waals surface area contributed by atoms with Gasteiger partial charge in [0.05, 0.1) is 16.2 Å². The highest BCUT2D eigenvalue weighted by Gasteiger charge is 2.26. The van der Waals surface area contributed by atoms with Crippen LogP contribution < -0.4 is 16.1 Å². The first kappa shape index (κ1) is 17.0. The molecule has 8 nitrogen and oxygen atoms in total. The highest BCUT2D eigenvalue weighted by molar-refractivity contribution is 9.10. The Bertz CT molecular complexity index is 914. The van der Waals surface area contributed by atoms with E-state index in [4.69, 9.17) is 12.2 Å². The Hall–Kier alpha value is -2.85. The van der Waals surface area contributed by atoms with Crippen LogP contribution >= 0.6 is 28.1 Å². The second kappa shape index (κ2) is 6.95. The summed E-state index contributed by atoms with van der Waals surface area (Å²) in [5.41, 5.74) is 4.29. The average molecular weight is 420 g/mol. The Balaban J connectivity index is 1.63. The number of hydrazone groups is 1. The number of benzene rings is 2. The number of thiocarbonyl (C=S) groups is 1. The molecule has 0 fully saturated rings. The molecule has 0 aromatic heterocycles. The van der Waals surface area contributed by atoms with Gasteiger partial charge in [-0.15, -0.1) is 0 Å². The number of nitrogens with zero attached hydrogens (tertiary/aromatic N) is 2. The highest BCUT2D eigenvalue weighted by Crippen LogP contribution is 2.26. The molecule has 3 rings (SSSR count). The van der Waals surface area contributed by atoms with Gasteiger partial charge in [-0.25, -0.2) is 0 Å². The van der Waals surface area contributed by atoms with Crippen LogP contribution in [0.5, 0.6) is 0 Å². The van der Waals surface area contributed by atoms with Gasteiger partial charge in [0.15, 0.2) is 10.9 Å². The van der Waals surface area contributed by atoms with Crippen LogP contribution in [-0.2, 0) is 0 Å². The third-order valence-corrected chi connectivity index (χ3v) is 3.99. The summed E-state index contributed by atoms with van der Waals surface area (Å²) in [5, 5.41) is 20.5. The minimum Gasteiger partial charge on any atom is -0.335 e. The number of anilines is 2. The molecule has 1 aliphatic rings. The maximum atomic E-state index is 12.2. The first-order valence-corrected chi connectivity index (χ1v) is 8.14. The van der Waals surface area contributed by atoms with Gasteiger partial charge in [0.2, 0.25) is 5.78 Å². The number of carbonyl (C=O) groups excluding carboxylic acids is 1. The number of hydrogen-bond donors (Lipinski definition) is 3. The lowest BCUT2D eigenvalue weighted by atomic mass is 10.1. The molecule has 126 valence electrons. The summed E-state index contributed by atoms with van der Waals surface area (Å²) in [5.74, 6) is -0.122. The van der Waals surface area contributed by atoms with E-state index in [1.807, 2.05) is 6.07 Å². The number of carbonyl (C=O) groups is 1. The molecule has 0 atom stereocenters. The Morgan fingerprint density at radius 2 is 1.96 bits per heavy atom. The molecule has 1 heterocycles. The van der Waals surface area contributed by atoms with Crippen LogP contribution in [0.25, 0.3) is 0 Å². The number of rotatable bonds is 3. The van der Waals surface area contributed by atoms with E-state index in [0.717, 1.165) is 4.47 Å². The molecule has 0 spiro atoms.